The molecule has 3 atom stereocenters. The molecule has 0 N–H and O–H groups in total. The fraction of sp³-hybridized carbons (Fsp3) is 0.368. The van der Waals surface area contributed by atoms with Crippen LogP contribution in [0.25, 0.3) is 0 Å². The Kier molecular flexibility index (Phi) is 3.62. The largest absolute Gasteiger partial charge is 0.373 e. The zero-order valence-electron chi connectivity index (χ0n) is 12.9. The van der Waals surface area contributed by atoms with Crippen molar-refractivity contribution in [2.45, 2.75) is 31.3 Å². The van der Waals surface area contributed by atoms with E-state index in [1.54, 1.807) is 12.1 Å². The van der Waals surface area contributed by atoms with E-state index in [4.69, 9.17) is 4.74 Å². The molecule has 0 amide bonds. The number of hydrogen-bond acceptors (Lipinski definition) is 3. The topological polar surface area (TPSA) is 52.4 Å². The molecule has 1 fully saturated rings. The van der Waals surface area contributed by atoms with Gasteiger partial charge in [0.25, 0.3) is 5.69 Å². The standard InChI is InChI=1S/C19H19NO3/c21-20(22)15-8-5-14(6-9-15)19-18-10-7-13-3-1-2-4-16(13)17(18)11-12-23-19/h1-6,8-9,17-19H,7,10-12H2/t17-,18+,19+/m0/s1. The number of hydrogen-bond donors (Lipinski definition) is 0. The van der Waals surface area contributed by atoms with Gasteiger partial charge in [0.15, 0.2) is 0 Å². The minimum absolute atomic E-state index is 0.0444. The molecule has 118 valence electrons. The molecule has 1 aliphatic carbocycles. The van der Waals surface area contributed by atoms with Crippen molar-refractivity contribution in [1.29, 1.82) is 0 Å². The van der Waals surface area contributed by atoms with Gasteiger partial charge in [-0.2, -0.15) is 0 Å². The first-order chi connectivity index (χ1) is 11.2. The number of nitro groups is 1. The third kappa shape index (κ3) is 2.53. The van der Waals surface area contributed by atoms with E-state index < -0.39 is 0 Å². The zero-order chi connectivity index (χ0) is 15.8. The van der Waals surface area contributed by atoms with Gasteiger partial charge in [0, 0.05) is 18.7 Å². The molecule has 0 saturated carbocycles. The lowest BCUT2D eigenvalue weighted by atomic mass is 9.69. The summed E-state index contributed by atoms with van der Waals surface area (Å²) in [6.45, 7) is 0.747. The van der Waals surface area contributed by atoms with Crippen LogP contribution in [0.4, 0.5) is 5.69 Å². The van der Waals surface area contributed by atoms with E-state index in [9.17, 15) is 10.1 Å². The molecule has 0 unspecified atom stereocenters. The fourth-order valence-corrected chi connectivity index (χ4v) is 4.18. The van der Waals surface area contributed by atoms with Crippen molar-refractivity contribution < 1.29 is 9.66 Å². The number of fused-ring (bicyclic) bond motifs is 3. The van der Waals surface area contributed by atoms with E-state index in [0.29, 0.717) is 11.8 Å². The fourth-order valence-electron chi connectivity index (χ4n) is 4.18. The number of ether oxygens (including phenoxy) is 1. The Hall–Kier alpha value is -2.20. The molecule has 1 heterocycles. The lowest BCUT2D eigenvalue weighted by Crippen LogP contribution is -2.33. The minimum Gasteiger partial charge on any atom is -0.373 e. The molecule has 2 aromatic rings. The predicted octanol–water partition coefficient (Wildman–Crippen LogP) is 4.40. The van der Waals surface area contributed by atoms with E-state index in [2.05, 4.69) is 24.3 Å². The van der Waals surface area contributed by atoms with Crippen molar-refractivity contribution in [3.63, 3.8) is 0 Å². The second-order valence-corrected chi connectivity index (χ2v) is 6.44. The van der Waals surface area contributed by atoms with E-state index in [0.717, 1.165) is 31.4 Å². The van der Waals surface area contributed by atoms with Gasteiger partial charge in [0.05, 0.1) is 11.0 Å². The Morgan fingerprint density at radius 3 is 2.61 bits per heavy atom. The quantitative estimate of drug-likeness (QED) is 0.610. The molecular weight excluding hydrogens is 290 g/mol. The van der Waals surface area contributed by atoms with Gasteiger partial charge in [0.1, 0.15) is 0 Å². The highest BCUT2D eigenvalue weighted by Crippen LogP contribution is 2.48. The minimum atomic E-state index is -0.356. The highest BCUT2D eigenvalue weighted by Gasteiger charge is 2.39. The van der Waals surface area contributed by atoms with E-state index >= 15 is 0 Å². The van der Waals surface area contributed by atoms with Crippen molar-refractivity contribution in [2.24, 2.45) is 5.92 Å². The summed E-state index contributed by atoms with van der Waals surface area (Å²) in [7, 11) is 0. The van der Waals surface area contributed by atoms with E-state index in [-0.39, 0.29) is 16.7 Å². The average Bonchev–Trinajstić information content (AvgIpc) is 2.61. The monoisotopic (exact) mass is 309 g/mol. The van der Waals surface area contributed by atoms with Crippen LogP contribution in [0.3, 0.4) is 0 Å². The number of nitro benzene ring substituents is 1. The molecule has 0 radical (unpaired) electrons. The molecule has 4 nitrogen and oxygen atoms in total. The Bertz CT molecular complexity index is 726. The number of aryl methyl sites for hydroxylation is 1. The third-order valence-corrected chi connectivity index (χ3v) is 5.27. The van der Waals surface area contributed by atoms with Crippen molar-refractivity contribution in [3.8, 4) is 0 Å². The number of non-ortho nitro benzene ring substituents is 1. The summed E-state index contributed by atoms with van der Waals surface area (Å²) in [5.74, 6) is 0.994. The molecule has 23 heavy (non-hydrogen) atoms. The molecule has 0 bridgehead atoms. The highest BCUT2D eigenvalue weighted by atomic mass is 16.6. The van der Waals surface area contributed by atoms with Crippen LogP contribution in [0.5, 0.6) is 0 Å². The summed E-state index contributed by atoms with van der Waals surface area (Å²) in [6, 6.07) is 15.6. The summed E-state index contributed by atoms with van der Waals surface area (Å²) < 4.78 is 6.08. The maximum Gasteiger partial charge on any atom is 0.269 e. The van der Waals surface area contributed by atoms with Gasteiger partial charge in [-0.3, -0.25) is 10.1 Å². The molecule has 4 rings (SSSR count). The number of rotatable bonds is 2. The molecule has 1 saturated heterocycles. The number of nitrogens with zero attached hydrogens (tertiary/aromatic N) is 1. The average molecular weight is 309 g/mol. The Labute approximate surface area is 135 Å². The van der Waals surface area contributed by atoms with Crippen molar-refractivity contribution in [2.75, 3.05) is 6.61 Å². The first-order valence-corrected chi connectivity index (χ1v) is 8.18. The molecule has 1 aliphatic heterocycles. The van der Waals surface area contributed by atoms with Crippen LogP contribution in [0.2, 0.25) is 0 Å². The third-order valence-electron chi connectivity index (χ3n) is 5.27. The van der Waals surface area contributed by atoms with Crippen LogP contribution in [0.1, 0.15) is 41.6 Å². The Balaban J connectivity index is 1.65. The first kappa shape index (κ1) is 14.4. The van der Waals surface area contributed by atoms with E-state index in [1.165, 1.54) is 11.1 Å². The van der Waals surface area contributed by atoms with Crippen molar-refractivity contribution >= 4 is 5.69 Å². The molecule has 0 spiro atoms. The van der Waals surface area contributed by atoms with Gasteiger partial charge >= 0.3 is 0 Å². The van der Waals surface area contributed by atoms with Crippen LogP contribution in [-0.2, 0) is 11.2 Å². The van der Waals surface area contributed by atoms with Gasteiger partial charge in [-0.15, -0.1) is 0 Å². The summed E-state index contributed by atoms with van der Waals surface area (Å²) >= 11 is 0. The van der Waals surface area contributed by atoms with Crippen molar-refractivity contribution in [3.05, 3.63) is 75.3 Å². The maximum absolute atomic E-state index is 10.8. The maximum atomic E-state index is 10.8. The molecule has 4 heteroatoms. The SMILES string of the molecule is O=[N+]([O-])c1ccc([C@H]2OCC[C@H]3c4ccccc4CC[C@@H]23)cc1. The van der Waals surface area contributed by atoms with Gasteiger partial charge in [-0.05, 0) is 59.9 Å². The summed E-state index contributed by atoms with van der Waals surface area (Å²) in [4.78, 5) is 10.5. The molecule has 2 aromatic carbocycles. The second kappa shape index (κ2) is 5.78. The molecular formula is C19H19NO3. The Morgan fingerprint density at radius 2 is 1.83 bits per heavy atom. The van der Waals surface area contributed by atoms with Crippen LogP contribution in [0, 0.1) is 16.0 Å². The lowest BCUT2D eigenvalue weighted by Gasteiger charge is -2.42. The summed E-state index contributed by atoms with van der Waals surface area (Å²) in [6.07, 6.45) is 3.31. The zero-order valence-corrected chi connectivity index (χ0v) is 12.9. The summed E-state index contributed by atoms with van der Waals surface area (Å²) in [5, 5.41) is 10.8. The van der Waals surface area contributed by atoms with Crippen LogP contribution >= 0.6 is 0 Å². The number of benzene rings is 2. The summed E-state index contributed by atoms with van der Waals surface area (Å²) in [5.41, 5.74) is 4.14. The van der Waals surface area contributed by atoms with Gasteiger partial charge in [-0.25, -0.2) is 0 Å². The van der Waals surface area contributed by atoms with Gasteiger partial charge < -0.3 is 4.74 Å². The predicted molar refractivity (Wildman–Crippen MR) is 87.4 cm³/mol. The van der Waals surface area contributed by atoms with Crippen molar-refractivity contribution in [1.82, 2.24) is 0 Å². The Morgan fingerprint density at radius 1 is 1.04 bits per heavy atom. The van der Waals surface area contributed by atoms with Crippen LogP contribution in [0.15, 0.2) is 48.5 Å². The van der Waals surface area contributed by atoms with Gasteiger partial charge in [0.2, 0.25) is 0 Å². The van der Waals surface area contributed by atoms with Crippen LogP contribution in [-0.4, -0.2) is 11.5 Å². The first-order valence-electron chi connectivity index (χ1n) is 8.18. The smallest absolute Gasteiger partial charge is 0.269 e. The van der Waals surface area contributed by atoms with Gasteiger partial charge in [-0.1, -0.05) is 24.3 Å². The van der Waals surface area contributed by atoms with Crippen LogP contribution < -0.4 is 0 Å². The lowest BCUT2D eigenvalue weighted by molar-refractivity contribution is -0.384. The molecule has 2 aliphatic rings. The van der Waals surface area contributed by atoms with E-state index in [1.807, 2.05) is 12.1 Å². The normalized spacial score (nSPS) is 26.2. The molecule has 0 aromatic heterocycles. The second-order valence-electron chi connectivity index (χ2n) is 6.44. The highest BCUT2D eigenvalue weighted by molar-refractivity contribution is 5.37.